The van der Waals surface area contributed by atoms with Gasteiger partial charge < -0.3 is 9.84 Å². The Kier molecular flexibility index (Phi) is 11.6. The fraction of sp³-hybridized carbons (Fsp3) is 1.00. The van der Waals surface area contributed by atoms with Gasteiger partial charge in [0, 0.05) is 6.61 Å². The topological polar surface area (TPSA) is 93.1 Å². The van der Waals surface area contributed by atoms with Crippen LogP contribution in [0.25, 0.3) is 0 Å². The number of hydrogen-bond donors (Lipinski definition) is 2. The molecule has 7 heteroatoms. The lowest BCUT2D eigenvalue weighted by Crippen LogP contribution is -2.01. The molecule has 0 aliphatic heterocycles. The standard InChI is InChI=1S/C4H10O2.C2H6O4S/c1-2-6-4-3-5;1-2-6-7(3,4)5/h5H,2-4H2,1H3;2H2,1H3,(H,3,4,5). The molecule has 0 saturated heterocycles. The number of aliphatic hydroxyl groups excluding tert-OH is 1. The molecule has 0 aromatic heterocycles. The SMILES string of the molecule is CCOCCO.CCOS(=O)(=O)O. The van der Waals surface area contributed by atoms with E-state index in [1.54, 1.807) is 0 Å². The summed E-state index contributed by atoms with van der Waals surface area (Å²) in [5.41, 5.74) is 0. The lowest BCUT2D eigenvalue weighted by molar-refractivity contribution is 0.102. The first-order valence-electron chi connectivity index (χ1n) is 3.78. The first kappa shape index (κ1) is 15.3. The molecule has 0 saturated carbocycles. The van der Waals surface area contributed by atoms with E-state index in [0.29, 0.717) is 13.2 Å². The van der Waals surface area contributed by atoms with Gasteiger partial charge in [-0.25, -0.2) is 4.18 Å². The fourth-order valence-corrected chi connectivity index (χ4v) is 0.656. The Morgan fingerprint density at radius 2 is 1.77 bits per heavy atom. The molecule has 0 aromatic carbocycles. The Balaban J connectivity index is 0. The molecular formula is C6H16O6S. The monoisotopic (exact) mass is 216 g/mol. The van der Waals surface area contributed by atoms with Crippen molar-refractivity contribution in [3.8, 4) is 0 Å². The lowest BCUT2D eigenvalue weighted by atomic mass is 10.8. The minimum Gasteiger partial charge on any atom is -0.394 e. The molecule has 0 aliphatic carbocycles. The molecule has 0 unspecified atom stereocenters. The summed E-state index contributed by atoms with van der Waals surface area (Å²) in [6.07, 6.45) is 0. The molecule has 0 atom stereocenters. The first-order valence-corrected chi connectivity index (χ1v) is 5.14. The second-order valence-electron chi connectivity index (χ2n) is 1.75. The summed E-state index contributed by atoms with van der Waals surface area (Å²) in [6, 6.07) is 0. The van der Waals surface area contributed by atoms with Gasteiger partial charge >= 0.3 is 10.4 Å². The first-order chi connectivity index (χ1) is 5.97. The molecule has 6 nitrogen and oxygen atoms in total. The van der Waals surface area contributed by atoms with Crippen molar-refractivity contribution < 1.29 is 27.0 Å². The van der Waals surface area contributed by atoms with Gasteiger partial charge in [0.25, 0.3) is 0 Å². The highest BCUT2D eigenvalue weighted by Gasteiger charge is 1.98. The third-order valence-corrected chi connectivity index (χ3v) is 1.24. The maximum absolute atomic E-state index is 9.56. The van der Waals surface area contributed by atoms with Gasteiger partial charge in [-0.15, -0.1) is 0 Å². The average molecular weight is 216 g/mol. The lowest BCUT2D eigenvalue weighted by Gasteiger charge is -1.91. The van der Waals surface area contributed by atoms with Crippen molar-refractivity contribution in [2.45, 2.75) is 13.8 Å². The summed E-state index contributed by atoms with van der Waals surface area (Å²) in [5.74, 6) is 0. The van der Waals surface area contributed by atoms with Crippen LogP contribution < -0.4 is 0 Å². The van der Waals surface area contributed by atoms with Crippen molar-refractivity contribution in [3.05, 3.63) is 0 Å². The Hall–Kier alpha value is -0.210. The third kappa shape index (κ3) is 24.5. The maximum atomic E-state index is 9.56. The Morgan fingerprint density at radius 3 is 1.85 bits per heavy atom. The van der Waals surface area contributed by atoms with E-state index >= 15 is 0 Å². The van der Waals surface area contributed by atoms with Crippen LogP contribution in [0.5, 0.6) is 0 Å². The van der Waals surface area contributed by atoms with Crippen molar-refractivity contribution in [1.82, 2.24) is 0 Å². The molecule has 0 aliphatic rings. The fourth-order valence-electron chi connectivity index (χ4n) is 0.358. The highest BCUT2D eigenvalue weighted by atomic mass is 32.3. The van der Waals surface area contributed by atoms with Gasteiger partial charge in [0.2, 0.25) is 0 Å². The predicted octanol–water partition coefficient (Wildman–Crippen LogP) is -0.159. The average Bonchev–Trinajstić information content (AvgIpc) is 1.99. The highest BCUT2D eigenvalue weighted by molar-refractivity contribution is 7.80. The summed E-state index contributed by atoms with van der Waals surface area (Å²) in [7, 11) is -4.17. The summed E-state index contributed by atoms with van der Waals surface area (Å²) in [5, 5.41) is 8.07. The van der Waals surface area contributed by atoms with Crippen LogP contribution in [-0.2, 0) is 19.3 Å². The van der Waals surface area contributed by atoms with Crippen LogP contribution in [0.1, 0.15) is 13.8 Å². The largest absolute Gasteiger partial charge is 0.397 e. The van der Waals surface area contributed by atoms with Crippen LogP contribution in [0.4, 0.5) is 0 Å². The van der Waals surface area contributed by atoms with E-state index in [1.807, 2.05) is 6.92 Å². The van der Waals surface area contributed by atoms with Gasteiger partial charge in [-0.2, -0.15) is 8.42 Å². The summed E-state index contributed by atoms with van der Waals surface area (Å²) < 4.78 is 35.4. The molecule has 82 valence electrons. The predicted molar refractivity (Wildman–Crippen MR) is 46.8 cm³/mol. The number of ether oxygens (including phenoxy) is 1. The van der Waals surface area contributed by atoms with Crippen LogP contribution in [0.3, 0.4) is 0 Å². The highest BCUT2D eigenvalue weighted by Crippen LogP contribution is 1.81. The van der Waals surface area contributed by atoms with E-state index in [4.69, 9.17) is 14.4 Å². The molecule has 0 heterocycles. The van der Waals surface area contributed by atoms with Gasteiger partial charge in [-0.05, 0) is 13.8 Å². The second-order valence-corrected chi connectivity index (χ2v) is 2.85. The molecule has 0 rings (SSSR count). The van der Waals surface area contributed by atoms with Crippen LogP contribution in [0.15, 0.2) is 0 Å². The van der Waals surface area contributed by atoms with E-state index in [1.165, 1.54) is 6.92 Å². The third-order valence-electron chi connectivity index (χ3n) is 0.707. The molecule has 0 amide bonds. The Labute approximate surface area is 78.4 Å². The van der Waals surface area contributed by atoms with Crippen molar-refractivity contribution in [3.63, 3.8) is 0 Å². The molecule has 0 spiro atoms. The molecule has 0 fully saturated rings. The Bertz CT molecular complexity index is 172. The molecule has 2 N–H and O–H groups in total. The van der Waals surface area contributed by atoms with Crippen LogP contribution in [0.2, 0.25) is 0 Å². The minimum atomic E-state index is -4.17. The van der Waals surface area contributed by atoms with Crippen molar-refractivity contribution >= 4 is 10.4 Å². The van der Waals surface area contributed by atoms with Gasteiger partial charge in [0.1, 0.15) is 0 Å². The van der Waals surface area contributed by atoms with E-state index < -0.39 is 10.4 Å². The van der Waals surface area contributed by atoms with Crippen LogP contribution in [0, 0.1) is 0 Å². The maximum Gasteiger partial charge on any atom is 0.397 e. The van der Waals surface area contributed by atoms with Gasteiger partial charge in [-0.1, -0.05) is 0 Å². The normalized spacial score (nSPS) is 10.5. The smallest absolute Gasteiger partial charge is 0.394 e. The number of hydrogen-bond acceptors (Lipinski definition) is 5. The zero-order valence-electron chi connectivity index (χ0n) is 7.76. The molecule has 13 heavy (non-hydrogen) atoms. The van der Waals surface area contributed by atoms with E-state index in [2.05, 4.69) is 4.18 Å². The van der Waals surface area contributed by atoms with E-state index in [9.17, 15) is 8.42 Å². The van der Waals surface area contributed by atoms with Gasteiger partial charge in [0.05, 0.1) is 19.8 Å². The van der Waals surface area contributed by atoms with Crippen molar-refractivity contribution in [2.75, 3.05) is 26.4 Å². The number of rotatable bonds is 5. The van der Waals surface area contributed by atoms with E-state index in [-0.39, 0.29) is 13.2 Å². The molecule has 0 radical (unpaired) electrons. The summed E-state index contributed by atoms with van der Waals surface area (Å²) in [6.45, 7) is 4.63. The molecule has 0 aromatic rings. The van der Waals surface area contributed by atoms with Crippen molar-refractivity contribution in [2.24, 2.45) is 0 Å². The van der Waals surface area contributed by atoms with Gasteiger partial charge in [-0.3, -0.25) is 4.55 Å². The molecular weight excluding hydrogens is 200 g/mol. The van der Waals surface area contributed by atoms with Gasteiger partial charge in [0.15, 0.2) is 0 Å². The second kappa shape index (κ2) is 9.87. The summed E-state index contributed by atoms with van der Waals surface area (Å²) in [4.78, 5) is 0. The number of aliphatic hydroxyl groups is 1. The quantitative estimate of drug-likeness (QED) is 0.490. The van der Waals surface area contributed by atoms with Crippen molar-refractivity contribution in [1.29, 1.82) is 0 Å². The zero-order valence-corrected chi connectivity index (χ0v) is 8.58. The zero-order chi connectivity index (χ0) is 10.7. The van der Waals surface area contributed by atoms with Crippen LogP contribution in [-0.4, -0.2) is 44.5 Å². The minimum absolute atomic E-state index is 0.0289. The van der Waals surface area contributed by atoms with E-state index in [0.717, 1.165) is 0 Å². The van der Waals surface area contributed by atoms with Crippen LogP contribution >= 0.6 is 0 Å². The molecule has 0 bridgehead atoms. The Morgan fingerprint density at radius 1 is 1.23 bits per heavy atom. The summed E-state index contributed by atoms with van der Waals surface area (Å²) >= 11 is 0.